The highest BCUT2D eigenvalue weighted by atomic mass is 16.5. The van der Waals surface area contributed by atoms with Crippen molar-refractivity contribution >= 4 is 17.7 Å². The molecule has 7 nitrogen and oxygen atoms in total. The second-order valence-electron chi connectivity index (χ2n) is 8.74. The van der Waals surface area contributed by atoms with Gasteiger partial charge in [-0.3, -0.25) is 9.58 Å². The Hall–Kier alpha value is -2.83. The molecule has 2 aromatic rings. The van der Waals surface area contributed by atoms with E-state index < -0.39 is 5.97 Å². The number of benzene rings is 1. The van der Waals surface area contributed by atoms with Gasteiger partial charge in [-0.1, -0.05) is 13.8 Å². The van der Waals surface area contributed by atoms with E-state index in [1.807, 2.05) is 39.3 Å². The molecule has 7 heteroatoms. The first kappa shape index (κ1) is 22.5. The molecule has 0 aliphatic carbocycles. The predicted molar refractivity (Wildman–Crippen MR) is 115 cm³/mol. The summed E-state index contributed by atoms with van der Waals surface area (Å²) >= 11 is 0. The average Bonchev–Trinajstić information content (AvgIpc) is 3.07. The SMILES string of the molecule is CC(C)NC(=O)N(C)c1ccc(OC(=O)c2cc(C(C)C)n(C(C)(C)C)n2)cc1. The van der Waals surface area contributed by atoms with E-state index in [1.165, 1.54) is 4.90 Å². The monoisotopic (exact) mass is 400 g/mol. The number of nitrogens with one attached hydrogen (secondary N) is 1. The summed E-state index contributed by atoms with van der Waals surface area (Å²) in [7, 11) is 1.69. The van der Waals surface area contributed by atoms with Gasteiger partial charge in [-0.15, -0.1) is 0 Å². The highest BCUT2D eigenvalue weighted by molar-refractivity contribution is 5.92. The van der Waals surface area contributed by atoms with Gasteiger partial charge >= 0.3 is 12.0 Å². The molecule has 0 aliphatic heterocycles. The highest BCUT2D eigenvalue weighted by Gasteiger charge is 2.24. The Morgan fingerprint density at radius 3 is 2.14 bits per heavy atom. The van der Waals surface area contributed by atoms with Crippen LogP contribution in [-0.2, 0) is 5.54 Å². The quantitative estimate of drug-likeness (QED) is 0.591. The lowest BCUT2D eigenvalue weighted by Crippen LogP contribution is -2.40. The second kappa shape index (κ2) is 8.68. The number of hydrogen-bond donors (Lipinski definition) is 1. The molecule has 158 valence electrons. The zero-order valence-corrected chi connectivity index (χ0v) is 18.6. The number of esters is 1. The molecule has 0 unspecified atom stereocenters. The number of nitrogens with zero attached hydrogens (tertiary/aromatic N) is 3. The maximum absolute atomic E-state index is 12.6. The minimum Gasteiger partial charge on any atom is -0.422 e. The molecule has 0 radical (unpaired) electrons. The number of amides is 2. The van der Waals surface area contributed by atoms with Gasteiger partial charge in [0.15, 0.2) is 5.69 Å². The summed E-state index contributed by atoms with van der Waals surface area (Å²) in [6, 6.07) is 8.43. The van der Waals surface area contributed by atoms with Crippen LogP contribution in [0.2, 0.25) is 0 Å². The van der Waals surface area contributed by atoms with Crippen molar-refractivity contribution in [1.82, 2.24) is 15.1 Å². The Morgan fingerprint density at radius 2 is 1.69 bits per heavy atom. The Labute approximate surface area is 173 Å². The fourth-order valence-corrected chi connectivity index (χ4v) is 2.80. The molecular formula is C22H32N4O3. The maximum atomic E-state index is 12.6. The minimum atomic E-state index is -0.506. The fourth-order valence-electron chi connectivity index (χ4n) is 2.80. The summed E-state index contributed by atoms with van der Waals surface area (Å²) in [5, 5.41) is 7.31. The zero-order chi connectivity index (χ0) is 21.9. The molecule has 0 spiro atoms. The Kier molecular flexibility index (Phi) is 6.72. The first-order chi connectivity index (χ1) is 13.4. The lowest BCUT2D eigenvalue weighted by atomic mass is 10.1. The molecule has 1 aromatic carbocycles. The van der Waals surface area contributed by atoms with Crippen LogP contribution in [0, 0.1) is 0 Å². The minimum absolute atomic E-state index is 0.0498. The highest BCUT2D eigenvalue weighted by Crippen LogP contribution is 2.25. The smallest absolute Gasteiger partial charge is 0.364 e. The van der Waals surface area contributed by atoms with Crippen LogP contribution in [0.15, 0.2) is 30.3 Å². The molecule has 1 aromatic heterocycles. The van der Waals surface area contributed by atoms with Crippen LogP contribution in [0.25, 0.3) is 0 Å². The lowest BCUT2D eigenvalue weighted by Gasteiger charge is -2.23. The van der Waals surface area contributed by atoms with E-state index in [0.29, 0.717) is 11.4 Å². The summed E-state index contributed by atoms with van der Waals surface area (Å²) < 4.78 is 7.36. The van der Waals surface area contributed by atoms with Crippen LogP contribution in [0.5, 0.6) is 5.75 Å². The summed E-state index contributed by atoms with van der Waals surface area (Å²) in [5.41, 5.74) is 1.72. The fraction of sp³-hybridized carbons (Fsp3) is 0.500. The average molecular weight is 401 g/mol. The molecule has 0 saturated heterocycles. The molecule has 2 rings (SSSR count). The molecule has 1 heterocycles. The number of carbonyl (C=O) groups is 2. The van der Waals surface area contributed by atoms with Crippen molar-refractivity contribution < 1.29 is 14.3 Å². The van der Waals surface area contributed by atoms with Crippen molar-refractivity contribution in [1.29, 1.82) is 0 Å². The molecule has 0 bridgehead atoms. The molecule has 2 amide bonds. The number of aromatic nitrogens is 2. The van der Waals surface area contributed by atoms with Gasteiger partial charge in [0.1, 0.15) is 5.75 Å². The third-order valence-electron chi connectivity index (χ3n) is 4.32. The number of carbonyl (C=O) groups excluding carboxylic acids is 2. The van der Waals surface area contributed by atoms with Crippen LogP contribution < -0.4 is 15.0 Å². The van der Waals surface area contributed by atoms with Crippen molar-refractivity contribution in [3.63, 3.8) is 0 Å². The molecule has 0 fully saturated rings. The molecular weight excluding hydrogens is 368 g/mol. The first-order valence-corrected chi connectivity index (χ1v) is 9.87. The number of anilines is 1. The molecule has 0 atom stereocenters. The first-order valence-electron chi connectivity index (χ1n) is 9.87. The van der Waals surface area contributed by atoms with Crippen LogP contribution in [0.3, 0.4) is 0 Å². The predicted octanol–water partition coefficient (Wildman–Crippen LogP) is 4.53. The van der Waals surface area contributed by atoms with Crippen molar-refractivity contribution in [2.75, 3.05) is 11.9 Å². The van der Waals surface area contributed by atoms with Crippen LogP contribution in [-0.4, -0.2) is 34.9 Å². The van der Waals surface area contributed by atoms with Crippen LogP contribution in [0.4, 0.5) is 10.5 Å². The third-order valence-corrected chi connectivity index (χ3v) is 4.32. The summed E-state index contributed by atoms with van der Waals surface area (Å²) in [6.45, 7) is 14.1. The van der Waals surface area contributed by atoms with E-state index in [1.54, 1.807) is 37.4 Å². The van der Waals surface area contributed by atoms with Gasteiger partial charge in [0.2, 0.25) is 0 Å². The standard InChI is InChI=1S/C22H32N4O3/c1-14(2)19-13-18(24-26(19)22(5,6)7)20(27)29-17-11-9-16(10-12-17)25(8)21(28)23-15(3)4/h9-15H,1-8H3,(H,23,28). The molecule has 0 saturated carbocycles. The van der Waals surface area contributed by atoms with Gasteiger partial charge in [0.05, 0.1) is 5.54 Å². The molecule has 1 N–H and O–H groups in total. The Bertz CT molecular complexity index is 861. The van der Waals surface area contributed by atoms with Gasteiger partial charge in [-0.2, -0.15) is 5.10 Å². The van der Waals surface area contributed by atoms with Crippen LogP contribution in [0.1, 0.15) is 70.6 Å². The van der Waals surface area contributed by atoms with Gasteiger partial charge in [-0.25, -0.2) is 9.59 Å². The Balaban J connectivity index is 2.15. The molecule has 0 aliphatic rings. The number of rotatable bonds is 5. The van der Waals surface area contributed by atoms with Gasteiger partial charge in [-0.05, 0) is 70.9 Å². The van der Waals surface area contributed by atoms with Crippen LogP contribution >= 0.6 is 0 Å². The maximum Gasteiger partial charge on any atom is 0.364 e. The third kappa shape index (κ3) is 5.59. The van der Waals surface area contributed by atoms with E-state index in [2.05, 4.69) is 24.3 Å². The summed E-state index contributed by atoms with van der Waals surface area (Å²) in [6.07, 6.45) is 0. The normalized spacial score (nSPS) is 11.7. The summed E-state index contributed by atoms with van der Waals surface area (Å²) in [4.78, 5) is 26.2. The van der Waals surface area contributed by atoms with Crippen molar-refractivity contribution in [3.8, 4) is 5.75 Å². The van der Waals surface area contributed by atoms with E-state index in [9.17, 15) is 9.59 Å². The van der Waals surface area contributed by atoms with Crippen molar-refractivity contribution in [3.05, 3.63) is 41.7 Å². The number of urea groups is 1. The summed E-state index contributed by atoms with van der Waals surface area (Å²) in [5.74, 6) is 0.122. The van der Waals surface area contributed by atoms with Gasteiger partial charge in [0.25, 0.3) is 0 Å². The van der Waals surface area contributed by atoms with E-state index in [4.69, 9.17) is 4.74 Å². The number of ether oxygens (including phenoxy) is 1. The van der Waals surface area contributed by atoms with E-state index >= 15 is 0 Å². The van der Waals surface area contributed by atoms with Gasteiger partial charge < -0.3 is 10.1 Å². The van der Waals surface area contributed by atoms with Crippen molar-refractivity contribution in [2.45, 2.75) is 66.0 Å². The zero-order valence-electron chi connectivity index (χ0n) is 18.6. The van der Waals surface area contributed by atoms with Gasteiger partial charge in [0, 0.05) is 24.5 Å². The Morgan fingerprint density at radius 1 is 1.10 bits per heavy atom. The van der Waals surface area contributed by atoms with Crippen molar-refractivity contribution in [2.24, 2.45) is 0 Å². The lowest BCUT2D eigenvalue weighted by molar-refractivity contribution is 0.0726. The van der Waals surface area contributed by atoms with E-state index in [-0.39, 0.29) is 29.2 Å². The largest absolute Gasteiger partial charge is 0.422 e. The second-order valence-corrected chi connectivity index (χ2v) is 8.74. The number of hydrogen-bond acceptors (Lipinski definition) is 4. The topological polar surface area (TPSA) is 76.5 Å². The molecule has 29 heavy (non-hydrogen) atoms. The van der Waals surface area contributed by atoms with E-state index in [0.717, 1.165) is 5.69 Å².